The van der Waals surface area contributed by atoms with Gasteiger partial charge < -0.3 is 0 Å². The summed E-state index contributed by atoms with van der Waals surface area (Å²) < 4.78 is 27.9. The Labute approximate surface area is 195 Å². The standard InChI is InChI=1S/C23H21N3O7S/c1-14-8-10-19(11-9-14)34(32,33)24(20-7-5-6-15(2)16(20)3)23(27)18-12-21(25(28)29)17(4)22(13-18)26(30)31/h5-13H,1-4H3. The Morgan fingerprint density at radius 3 is 1.85 bits per heavy atom. The van der Waals surface area contributed by atoms with Crippen molar-refractivity contribution in [3.8, 4) is 0 Å². The molecule has 0 fully saturated rings. The minimum Gasteiger partial charge on any atom is -0.268 e. The maximum atomic E-state index is 13.7. The highest BCUT2D eigenvalue weighted by Gasteiger charge is 2.35. The lowest BCUT2D eigenvalue weighted by Crippen LogP contribution is -2.37. The number of amides is 1. The predicted octanol–water partition coefficient (Wildman–Crippen LogP) is 4.77. The van der Waals surface area contributed by atoms with Crippen LogP contribution in [0, 0.1) is 47.9 Å². The molecule has 11 heteroatoms. The second-order valence-electron chi connectivity index (χ2n) is 7.76. The molecule has 0 bridgehead atoms. The van der Waals surface area contributed by atoms with E-state index in [0.717, 1.165) is 17.7 Å². The molecule has 0 aliphatic carbocycles. The number of benzene rings is 3. The zero-order chi connectivity index (χ0) is 25.4. The van der Waals surface area contributed by atoms with Crippen LogP contribution in [0.2, 0.25) is 0 Å². The number of hydrogen-bond acceptors (Lipinski definition) is 7. The lowest BCUT2D eigenvalue weighted by Gasteiger charge is -2.25. The second kappa shape index (κ2) is 9.02. The molecule has 3 rings (SSSR count). The quantitative estimate of drug-likeness (QED) is 0.363. The molecule has 0 aliphatic heterocycles. The number of sulfonamides is 1. The van der Waals surface area contributed by atoms with Crippen LogP contribution in [0.3, 0.4) is 0 Å². The number of anilines is 1. The predicted molar refractivity (Wildman–Crippen MR) is 126 cm³/mol. The van der Waals surface area contributed by atoms with Crippen LogP contribution in [-0.4, -0.2) is 24.2 Å². The number of hydrogen-bond donors (Lipinski definition) is 0. The molecule has 0 radical (unpaired) electrons. The Morgan fingerprint density at radius 1 is 0.824 bits per heavy atom. The molecule has 0 saturated heterocycles. The van der Waals surface area contributed by atoms with Crippen LogP contribution < -0.4 is 4.31 Å². The van der Waals surface area contributed by atoms with Crippen LogP contribution in [-0.2, 0) is 10.0 Å². The van der Waals surface area contributed by atoms with Gasteiger partial charge in [-0.1, -0.05) is 29.8 Å². The summed E-state index contributed by atoms with van der Waals surface area (Å²) in [6.07, 6.45) is 0. The van der Waals surface area contributed by atoms with Crippen molar-refractivity contribution in [3.63, 3.8) is 0 Å². The molecule has 34 heavy (non-hydrogen) atoms. The molecule has 0 aromatic heterocycles. The van der Waals surface area contributed by atoms with E-state index in [9.17, 15) is 33.4 Å². The van der Waals surface area contributed by atoms with Gasteiger partial charge in [0.2, 0.25) is 0 Å². The van der Waals surface area contributed by atoms with Crippen molar-refractivity contribution in [3.05, 3.63) is 103 Å². The van der Waals surface area contributed by atoms with Crippen LogP contribution in [0.25, 0.3) is 0 Å². The minimum atomic E-state index is -4.49. The average Bonchev–Trinajstić information content (AvgIpc) is 2.76. The number of aryl methyl sites for hydroxylation is 2. The number of nitro benzene ring substituents is 2. The third-order valence-electron chi connectivity index (χ3n) is 5.53. The van der Waals surface area contributed by atoms with Crippen LogP contribution in [0.5, 0.6) is 0 Å². The zero-order valence-corrected chi connectivity index (χ0v) is 19.6. The smallest absolute Gasteiger partial charge is 0.268 e. The van der Waals surface area contributed by atoms with Crippen molar-refractivity contribution in [2.75, 3.05) is 4.31 Å². The normalized spacial score (nSPS) is 11.2. The molecule has 176 valence electrons. The van der Waals surface area contributed by atoms with Gasteiger partial charge in [-0.05, 0) is 57.0 Å². The molecule has 0 unspecified atom stereocenters. The van der Waals surface area contributed by atoms with Gasteiger partial charge in [-0.25, -0.2) is 8.42 Å². The van der Waals surface area contributed by atoms with Crippen LogP contribution in [0.4, 0.5) is 17.1 Å². The third kappa shape index (κ3) is 4.37. The molecule has 1 amide bonds. The van der Waals surface area contributed by atoms with Gasteiger partial charge in [-0.15, -0.1) is 0 Å². The van der Waals surface area contributed by atoms with Crippen molar-refractivity contribution in [2.45, 2.75) is 32.6 Å². The third-order valence-corrected chi connectivity index (χ3v) is 7.24. The molecular formula is C23H21N3O7S. The Balaban J connectivity index is 2.33. The summed E-state index contributed by atoms with van der Waals surface area (Å²) in [5.41, 5.74) is -0.0352. The summed E-state index contributed by atoms with van der Waals surface area (Å²) in [4.78, 5) is 34.8. The first kappa shape index (κ1) is 24.5. The molecule has 10 nitrogen and oxygen atoms in total. The van der Waals surface area contributed by atoms with E-state index in [1.165, 1.54) is 25.1 Å². The minimum absolute atomic E-state index is 0.0384. The number of nitrogens with zero attached hydrogens (tertiary/aromatic N) is 3. The number of rotatable bonds is 6. The van der Waals surface area contributed by atoms with Crippen molar-refractivity contribution in [1.29, 1.82) is 0 Å². The highest BCUT2D eigenvalue weighted by molar-refractivity contribution is 7.93. The number of carbonyl (C=O) groups is 1. The topological polar surface area (TPSA) is 141 Å². The highest BCUT2D eigenvalue weighted by Crippen LogP contribution is 2.34. The maximum absolute atomic E-state index is 13.7. The van der Waals surface area contributed by atoms with Crippen LogP contribution in [0.1, 0.15) is 32.6 Å². The molecule has 0 heterocycles. The fraction of sp³-hybridized carbons (Fsp3) is 0.174. The Hall–Kier alpha value is -4.12. The van der Waals surface area contributed by atoms with Gasteiger partial charge >= 0.3 is 0 Å². The van der Waals surface area contributed by atoms with Crippen molar-refractivity contribution >= 4 is 33.0 Å². The molecule has 3 aromatic rings. The second-order valence-corrected chi connectivity index (χ2v) is 9.55. The van der Waals surface area contributed by atoms with Crippen LogP contribution >= 0.6 is 0 Å². The summed E-state index contributed by atoms with van der Waals surface area (Å²) in [5, 5.41) is 23.0. The van der Waals surface area contributed by atoms with Crippen molar-refractivity contribution < 1.29 is 23.1 Å². The largest absolute Gasteiger partial charge is 0.279 e. The maximum Gasteiger partial charge on any atom is 0.279 e. The van der Waals surface area contributed by atoms with E-state index < -0.39 is 42.7 Å². The summed E-state index contributed by atoms with van der Waals surface area (Å²) >= 11 is 0. The molecule has 0 atom stereocenters. The molecule has 0 N–H and O–H groups in total. The van der Waals surface area contributed by atoms with Gasteiger partial charge in [0.1, 0.15) is 5.56 Å². The summed E-state index contributed by atoms with van der Waals surface area (Å²) in [6, 6.07) is 12.3. The van der Waals surface area contributed by atoms with Gasteiger partial charge in [0.25, 0.3) is 27.3 Å². The van der Waals surface area contributed by atoms with Gasteiger partial charge in [-0.2, -0.15) is 4.31 Å². The first-order valence-corrected chi connectivity index (χ1v) is 11.5. The van der Waals surface area contributed by atoms with Gasteiger partial charge in [0.05, 0.1) is 26.0 Å². The first-order valence-electron chi connectivity index (χ1n) is 10.0. The number of nitro groups is 2. The van der Waals surface area contributed by atoms with E-state index in [1.54, 1.807) is 45.0 Å². The lowest BCUT2D eigenvalue weighted by molar-refractivity contribution is -0.395. The van der Waals surface area contributed by atoms with E-state index in [-0.39, 0.29) is 16.1 Å². The lowest BCUT2D eigenvalue weighted by atomic mass is 10.1. The molecule has 0 aliphatic rings. The first-order chi connectivity index (χ1) is 15.9. The fourth-order valence-electron chi connectivity index (χ4n) is 3.42. The molecule has 0 saturated carbocycles. The van der Waals surface area contributed by atoms with Crippen molar-refractivity contribution in [2.24, 2.45) is 0 Å². The molecule has 0 spiro atoms. The van der Waals surface area contributed by atoms with E-state index in [2.05, 4.69) is 0 Å². The highest BCUT2D eigenvalue weighted by atomic mass is 32.2. The fourth-order valence-corrected chi connectivity index (χ4v) is 4.89. The van der Waals surface area contributed by atoms with Crippen molar-refractivity contribution in [1.82, 2.24) is 0 Å². The molecule has 3 aromatic carbocycles. The Kier molecular flexibility index (Phi) is 6.51. The molecular weight excluding hydrogens is 462 g/mol. The summed E-state index contributed by atoms with van der Waals surface area (Å²) in [7, 11) is -4.49. The number of carbonyl (C=O) groups excluding carboxylic acids is 1. The zero-order valence-electron chi connectivity index (χ0n) is 18.8. The van der Waals surface area contributed by atoms with E-state index in [0.29, 0.717) is 15.4 Å². The summed E-state index contributed by atoms with van der Waals surface area (Å²) in [6.45, 7) is 6.34. The van der Waals surface area contributed by atoms with Gasteiger partial charge in [0.15, 0.2) is 0 Å². The van der Waals surface area contributed by atoms with E-state index in [1.807, 2.05) is 0 Å². The SMILES string of the molecule is Cc1ccc(S(=O)(=O)N(C(=O)c2cc([N+](=O)[O-])c(C)c([N+](=O)[O-])c2)c2cccc(C)c2C)cc1. The van der Waals surface area contributed by atoms with E-state index >= 15 is 0 Å². The van der Waals surface area contributed by atoms with Gasteiger partial charge in [0, 0.05) is 12.1 Å². The Bertz CT molecular complexity index is 1400. The Morgan fingerprint density at radius 2 is 1.35 bits per heavy atom. The monoisotopic (exact) mass is 483 g/mol. The average molecular weight is 484 g/mol. The van der Waals surface area contributed by atoms with Gasteiger partial charge in [-0.3, -0.25) is 25.0 Å². The van der Waals surface area contributed by atoms with E-state index in [4.69, 9.17) is 0 Å². The van der Waals surface area contributed by atoms with Crippen LogP contribution in [0.15, 0.2) is 59.5 Å². The summed E-state index contributed by atoms with van der Waals surface area (Å²) in [5.74, 6) is -1.15.